The number of nitrogens with zero attached hydrogens (tertiary/aromatic N) is 4. The number of carbonyl (C=O) groups excluding carboxylic acids is 3. The number of likely N-dealkylation sites (tertiary alicyclic amines) is 1. The highest BCUT2D eigenvalue weighted by molar-refractivity contribution is 7.91. The van der Waals surface area contributed by atoms with Gasteiger partial charge in [0.2, 0.25) is 15.0 Å². The van der Waals surface area contributed by atoms with E-state index in [4.69, 9.17) is 9.47 Å². The summed E-state index contributed by atoms with van der Waals surface area (Å²) in [6, 6.07) is 0. The highest BCUT2D eigenvalue weighted by atomic mass is 32.2. The maximum atomic E-state index is 13.2. The molecule has 1 fully saturated rings. The lowest BCUT2D eigenvalue weighted by Gasteiger charge is -2.33. The number of ether oxygens (including phenoxy) is 2. The van der Waals surface area contributed by atoms with Crippen LogP contribution in [0.15, 0.2) is 11.4 Å². The van der Waals surface area contributed by atoms with E-state index >= 15 is 0 Å². The summed E-state index contributed by atoms with van der Waals surface area (Å²) in [5, 5.41) is -1.02. The van der Waals surface area contributed by atoms with Crippen LogP contribution in [0.2, 0.25) is 0 Å². The van der Waals surface area contributed by atoms with Crippen LogP contribution in [0, 0.1) is 0 Å². The number of sulfone groups is 1. The van der Waals surface area contributed by atoms with Crippen LogP contribution >= 0.6 is 0 Å². The van der Waals surface area contributed by atoms with Crippen molar-refractivity contribution >= 4 is 27.8 Å². The van der Waals surface area contributed by atoms with Crippen LogP contribution in [0.25, 0.3) is 0 Å². The first-order chi connectivity index (χ1) is 16.6. The van der Waals surface area contributed by atoms with E-state index in [0.29, 0.717) is 18.7 Å². The minimum absolute atomic E-state index is 0.0632. The molecular weight excluding hydrogens is 488 g/mol. The molecule has 0 aromatic carbocycles. The van der Waals surface area contributed by atoms with Gasteiger partial charge in [-0.25, -0.2) is 23.2 Å². The average molecular weight is 525 g/mol. The fourth-order valence-corrected chi connectivity index (χ4v) is 5.64. The largest absolute Gasteiger partial charge is 0.460 e. The minimum Gasteiger partial charge on any atom is -0.460 e. The lowest BCUT2D eigenvalue weighted by atomic mass is 10.1. The van der Waals surface area contributed by atoms with E-state index in [1.54, 1.807) is 41.5 Å². The molecule has 2 amide bonds. The van der Waals surface area contributed by atoms with E-state index in [1.165, 1.54) is 16.0 Å². The standard InChI is InChI=1S/C24H36N4O7S/c1-23(2,3)34-19(29)10-14-27-13-9-18-17(20(27)30)15-25-21(26-18)36(32,33)16-7-11-28(12-8-16)22(31)35-24(4,5)6/h15-16H,7-14H2,1-6H3. The molecule has 11 nitrogen and oxygen atoms in total. The van der Waals surface area contributed by atoms with Crippen LogP contribution in [0.5, 0.6) is 0 Å². The van der Waals surface area contributed by atoms with Gasteiger partial charge < -0.3 is 19.3 Å². The van der Waals surface area contributed by atoms with E-state index in [-0.39, 0.29) is 55.5 Å². The molecule has 36 heavy (non-hydrogen) atoms. The maximum absolute atomic E-state index is 13.2. The topological polar surface area (TPSA) is 136 Å². The van der Waals surface area contributed by atoms with Crippen LogP contribution in [-0.4, -0.2) is 88.8 Å². The Hall–Kier alpha value is -2.76. The third-order valence-corrected chi connectivity index (χ3v) is 7.83. The number of hydrogen-bond acceptors (Lipinski definition) is 9. The monoisotopic (exact) mass is 524 g/mol. The maximum Gasteiger partial charge on any atom is 0.410 e. The first-order valence-corrected chi connectivity index (χ1v) is 13.7. The fourth-order valence-electron chi connectivity index (χ4n) is 4.07. The van der Waals surface area contributed by atoms with Crippen molar-refractivity contribution in [1.29, 1.82) is 0 Å². The van der Waals surface area contributed by atoms with Crippen LogP contribution < -0.4 is 0 Å². The Bertz CT molecular complexity index is 1110. The van der Waals surface area contributed by atoms with Crippen molar-refractivity contribution in [2.75, 3.05) is 26.2 Å². The summed E-state index contributed by atoms with van der Waals surface area (Å²) in [5.41, 5.74) is -0.602. The predicted octanol–water partition coefficient (Wildman–Crippen LogP) is 2.38. The highest BCUT2D eigenvalue weighted by Crippen LogP contribution is 2.26. The first kappa shape index (κ1) is 27.8. The van der Waals surface area contributed by atoms with Crippen molar-refractivity contribution in [3.05, 3.63) is 17.5 Å². The number of piperidine rings is 1. The average Bonchev–Trinajstić information content (AvgIpc) is 2.76. The zero-order valence-electron chi connectivity index (χ0n) is 21.9. The lowest BCUT2D eigenvalue weighted by Crippen LogP contribution is -2.45. The summed E-state index contributed by atoms with van der Waals surface area (Å²) < 4.78 is 37.1. The number of esters is 1. The molecule has 1 saturated heterocycles. The quantitative estimate of drug-likeness (QED) is 0.420. The molecule has 0 saturated carbocycles. The number of amides is 2. The third kappa shape index (κ3) is 6.92. The van der Waals surface area contributed by atoms with Crippen molar-refractivity contribution in [1.82, 2.24) is 19.8 Å². The second-order valence-corrected chi connectivity index (χ2v) is 13.2. The van der Waals surface area contributed by atoms with Gasteiger partial charge in [0.05, 0.1) is 22.9 Å². The molecule has 0 bridgehead atoms. The number of aromatic nitrogens is 2. The van der Waals surface area contributed by atoms with Gasteiger partial charge in [0, 0.05) is 38.8 Å². The Morgan fingerprint density at radius 1 is 1.03 bits per heavy atom. The predicted molar refractivity (Wildman–Crippen MR) is 130 cm³/mol. The Labute approximate surface area is 212 Å². The van der Waals surface area contributed by atoms with Crippen molar-refractivity contribution in [2.24, 2.45) is 0 Å². The molecule has 0 aliphatic carbocycles. The summed E-state index contributed by atoms with van der Waals surface area (Å²) in [6.07, 6.45) is 1.72. The SMILES string of the molecule is CC(C)(C)OC(=O)CCN1CCc2nc(S(=O)(=O)C3CCN(C(=O)OC(C)(C)C)CC3)ncc2C1=O. The molecule has 0 N–H and O–H groups in total. The van der Waals surface area contributed by atoms with Crippen molar-refractivity contribution < 1.29 is 32.3 Å². The van der Waals surface area contributed by atoms with Crippen LogP contribution in [-0.2, 0) is 30.5 Å². The molecule has 3 rings (SSSR count). The Morgan fingerprint density at radius 2 is 1.64 bits per heavy atom. The number of rotatable bonds is 5. The second-order valence-electron chi connectivity index (χ2n) is 11.1. The van der Waals surface area contributed by atoms with Gasteiger partial charge in [-0.2, -0.15) is 0 Å². The molecule has 0 unspecified atom stereocenters. The number of fused-ring (bicyclic) bond motifs is 1. The van der Waals surface area contributed by atoms with Gasteiger partial charge in [0.25, 0.3) is 5.91 Å². The van der Waals surface area contributed by atoms with Crippen LogP contribution in [0.1, 0.15) is 76.9 Å². The molecule has 0 atom stereocenters. The zero-order valence-corrected chi connectivity index (χ0v) is 22.7. The zero-order chi connectivity index (χ0) is 26.9. The van der Waals surface area contributed by atoms with E-state index < -0.39 is 38.4 Å². The molecule has 200 valence electrons. The highest BCUT2D eigenvalue weighted by Gasteiger charge is 2.37. The van der Waals surface area contributed by atoms with E-state index in [0.717, 1.165) is 0 Å². The summed E-state index contributed by atoms with van der Waals surface area (Å²) in [7, 11) is -3.84. The summed E-state index contributed by atoms with van der Waals surface area (Å²) in [6.45, 7) is 11.7. The lowest BCUT2D eigenvalue weighted by molar-refractivity contribution is -0.155. The molecule has 3 heterocycles. The molecule has 12 heteroatoms. The van der Waals surface area contributed by atoms with Gasteiger partial charge in [-0.05, 0) is 54.4 Å². The van der Waals surface area contributed by atoms with Crippen LogP contribution in [0.3, 0.4) is 0 Å². The van der Waals surface area contributed by atoms with Crippen LogP contribution in [0.4, 0.5) is 4.79 Å². The minimum atomic E-state index is -3.84. The van der Waals surface area contributed by atoms with E-state index in [2.05, 4.69) is 9.97 Å². The summed E-state index contributed by atoms with van der Waals surface area (Å²) in [5.74, 6) is -0.731. The number of hydrogen-bond donors (Lipinski definition) is 0. The Kier molecular flexibility index (Phi) is 7.97. The normalized spacial score (nSPS) is 17.6. The van der Waals surface area contributed by atoms with E-state index in [9.17, 15) is 22.8 Å². The third-order valence-electron chi connectivity index (χ3n) is 5.77. The fraction of sp³-hybridized carbons (Fsp3) is 0.708. The molecule has 2 aliphatic heterocycles. The second kappa shape index (κ2) is 10.3. The van der Waals surface area contributed by atoms with Crippen molar-refractivity contribution in [2.45, 2.75) is 88.8 Å². The Balaban J connectivity index is 1.63. The molecule has 0 radical (unpaired) electrons. The van der Waals surface area contributed by atoms with Crippen molar-refractivity contribution in [3.63, 3.8) is 0 Å². The Morgan fingerprint density at radius 3 is 2.22 bits per heavy atom. The van der Waals surface area contributed by atoms with E-state index in [1.807, 2.05) is 0 Å². The molecule has 1 aromatic rings. The van der Waals surface area contributed by atoms with Gasteiger partial charge in [-0.3, -0.25) is 9.59 Å². The summed E-state index contributed by atoms with van der Waals surface area (Å²) >= 11 is 0. The molecule has 0 spiro atoms. The molecular formula is C24H36N4O7S. The molecule has 2 aliphatic rings. The van der Waals surface area contributed by atoms with Gasteiger partial charge in [-0.15, -0.1) is 0 Å². The summed E-state index contributed by atoms with van der Waals surface area (Å²) in [4.78, 5) is 48.4. The van der Waals surface area contributed by atoms with Gasteiger partial charge >= 0.3 is 12.1 Å². The smallest absolute Gasteiger partial charge is 0.410 e. The number of carbonyl (C=O) groups is 3. The molecule has 1 aromatic heterocycles. The van der Waals surface area contributed by atoms with Gasteiger partial charge in [0.1, 0.15) is 11.2 Å². The van der Waals surface area contributed by atoms with Gasteiger partial charge in [-0.1, -0.05) is 0 Å². The first-order valence-electron chi connectivity index (χ1n) is 12.2. The van der Waals surface area contributed by atoms with Gasteiger partial charge in [0.15, 0.2) is 0 Å². The van der Waals surface area contributed by atoms with Crippen molar-refractivity contribution in [3.8, 4) is 0 Å².